The normalized spacial score (nSPS) is 20.5. The summed E-state index contributed by atoms with van der Waals surface area (Å²) in [6, 6.07) is 5.94. The Morgan fingerprint density at radius 3 is 2.40 bits per heavy atom. The van der Waals surface area contributed by atoms with Gasteiger partial charge in [-0.2, -0.15) is 8.78 Å². The molecule has 0 bridgehead atoms. The van der Waals surface area contributed by atoms with Crippen LogP contribution in [0.15, 0.2) is 24.3 Å². The standard InChI is InChI=1S/C18H24F2N2O3/c1-12(2)9-11-22-15(23)18(3,21-17(22)24)10-8-13-4-6-14(7-5-13)25-16(19)20/h4-7,12,16H,8-11H2,1-3H3,(H,21,24). The van der Waals surface area contributed by atoms with Crippen molar-refractivity contribution < 1.29 is 23.1 Å². The SMILES string of the molecule is CC(C)CCN1C(=O)NC(C)(CCc2ccc(OC(F)F)cc2)C1=O. The number of carbonyl (C=O) groups is 2. The van der Waals surface area contributed by atoms with Crippen LogP contribution in [0.3, 0.4) is 0 Å². The minimum Gasteiger partial charge on any atom is -0.435 e. The first-order chi connectivity index (χ1) is 11.7. The van der Waals surface area contributed by atoms with Gasteiger partial charge in [0.05, 0.1) is 0 Å². The topological polar surface area (TPSA) is 58.6 Å². The molecule has 0 aliphatic carbocycles. The molecule has 1 atom stereocenters. The number of carbonyl (C=O) groups excluding carboxylic acids is 2. The van der Waals surface area contributed by atoms with Gasteiger partial charge in [-0.1, -0.05) is 26.0 Å². The van der Waals surface area contributed by atoms with Crippen LogP contribution in [0.4, 0.5) is 13.6 Å². The number of hydrogen-bond acceptors (Lipinski definition) is 3. The van der Waals surface area contributed by atoms with Gasteiger partial charge in [0.1, 0.15) is 11.3 Å². The van der Waals surface area contributed by atoms with Crippen molar-refractivity contribution in [3.63, 3.8) is 0 Å². The molecule has 1 N–H and O–H groups in total. The van der Waals surface area contributed by atoms with Gasteiger partial charge in [-0.3, -0.25) is 9.69 Å². The van der Waals surface area contributed by atoms with Crippen LogP contribution in [-0.4, -0.2) is 35.5 Å². The van der Waals surface area contributed by atoms with Crippen LogP contribution < -0.4 is 10.1 Å². The van der Waals surface area contributed by atoms with Gasteiger partial charge in [-0.25, -0.2) is 4.79 Å². The van der Waals surface area contributed by atoms with Gasteiger partial charge in [-0.15, -0.1) is 0 Å². The number of halogens is 2. The number of benzene rings is 1. The molecule has 2 rings (SSSR count). The van der Waals surface area contributed by atoms with E-state index in [1.807, 2.05) is 13.8 Å². The zero-order valence-corrected chi connectivity index (χ0v) is 14.7. The quantitative estimate of drug-likeness (QED) is 0.726. The molecular formula is C18H24F2N2O3. The molecule has 1 unspecified atom stereocenters. The summed E-state index contributed by atoms with van der Waals surface area (Å²) in [5.74, 6) is 0.285. The fourth-order valence-electron chi connectivity index (χ4n) is 2.74. The van der Waals surface area contributed by atoms with Gasteiger partial charge in [0, 0.05) is 6.54 Å². The molecule has 1 fully saturated rings. The number of nitrogens with zero attached hydrogens (tertiary/aromatic N) is 1. The number of imide groups is 1. The molecular weight excluding hydrogens is 330 g/mol. The molecule has 0 aromatic heterocycles. The molecule has 1 aliphatic heterocycles. The first-order valence-electron chi connectivity index (χ1n) is 8.39. The number of hydrogen-bond donors (Lipinski definition) is 1. The Balaban J connectivity index is 1.95. The summed E-state index contributed by atoms with van der Waals surface area (Å²) in [6.07, 6.45) is 1.74. The first-order valence-corrected chi connectivity index (χ1v) is 8.39. The number of aryl methyl sites for hydroxylation is 1. The molecule has 7 heteroatoms. The third kappa shape index (κ3) is 4.90. The Kier molecular flexibility index (Phi) is 5.98. The van der Waals surface area contributed by atoms with E-state index in [-0.39, 0.29) is 17.7 Å². The average molecular weight is 354 g/mol. The highest BCUT2D eigenvalue weighted by Gasteiger charge is 2.46. The van der Waals surface area contributed by atoms with E-state index in [9.17, 15) is 18.4 Å². The smallest absolute Gasteiger partial charge is 0.387 e. The van der Waals surface area contributed by atoms with E-state index >= 15 is 0 Å². The lowest BCUT2D eigenvalue weighted by molar-refractivity contribution is -0.131. The molecule has 25 heavy (non-hydrogen) atoms. The molecule has 3 amide bonds. The van der Waals surface area contributed by atoms with Crippen molar-refractivity contribution in [2.75, 3.05) is 6.54 Å². The minimum absolute atomic E-state index is 0.0927. The molecule has 0 spiro atoms. The molecule has 1 aromatic rings. The minimum atomic E-state index is -2.85. The Morgan fingerprint density at radius 1 is 1.20 bits per heavy atom. The number of amides is 3. The highest BCUT2D eigenvalue weighted by atomic mass is 19.3. The molecule has 5 nitrogen and oxygen atoms in total. The fraction of sp³-hybridized carbons (Fsp3) is 0.556. The summed E-state index contributed by atoms with van der Waals surface area (Å²) < 4.78 is 28.6. The van der Waals surface area contributed by atoms with E-state index in [4.69, 9.17) is 0 Å². The maximum absolute atomic E-state index is 12.6. The molecule has 0 radical (unpaired) electrons. The Bertz CT molecular complexity index is 619. The second-order valence-electron chi connectivity index (χ2n) is 6.92. The molecule has 1 aliphatic rings. The molecule has 1 saturated heterocycles. The van der Waals surface area contributed by atoms with E-state index in [1.165, 1.54) is 17.0 Å². The lowest BCUT2D eigenvalue weighted by Gasteiger charge is -2.22. The van der Waals surface area contributed by atoms with Crippen molar-refractivity contribution in [1.29, 1.82) is 0 Å². The first kappa shape index (κ1) is 19.1. The molecule has 1 heterocycles. The summed E-state index contributed by atoms with van der Waals surface area (Å²) >= 11 is 0. The van der Waals surface area contributed by atoms with Crippen LogP contribution in [0.2, 0.25) is 0 Å². The largest absolute Gasteiger partial charge is 0.435 e. The summed E-state index contributed by atoms with van der Waals surface area (Å²) in [7, 11) is 0. The summed E-state index contributed by atoms with van der Waals surface area (Å²) in [4.78, 5) is 25.9. The van der Waals surface area contributed by atoms with Crippen LogP contribution in [-0.2, 0) is 11.2 Å². The lowest BCUT2D eigenvalue weighted by atomic mass is 9.93. The van der Waals surface area contributed by atoms with Crippen molar-refractivity contribution in [2.45, 2.75) is 52.2 Å². The summed E-state index contributed by atoms with van der Waals surface area (Å²) in [5, 5.41) is 2.78. The maximum Gasteiger partial charge on any atom is 0.387 e. The van der Waals surface area contributed by atoms with Crippen LogP contribution >= 0.6 is 0 Å². The molecule has 138 valence electrons. The van der Waals surface area contributed by atoms with Gasteiger partial charge in [0.2, 0.25) is 0 Å². The average Bonchev–Trinajstić information content (AvgIpc) is 2.74. The van der Waals surface area contributed by atoms with Crippen LogP contribution in [0, 0.1) is 5.92 Å². The number of ether oxygens (including phenoxy) is 1. The van der Waals surface area contributed by atoms with Gasteiger partial charge in [0.15, 0.2) is 0 Å². The second-order valence-corrected chi connectivity index (χ2v) is 6.92. The summed E-state index contributed by atoms with van der Waals surface area (Å²) in [6.45, 7) is 3.36. The Labute approximate surface area is 146 Å². The highest BCUT2D eigenvalue weighted by Crippen LogP contribution is 2.25. The van der Waals surface area contributed by atoms with E-state index in [1.54, 1.807) is 19.1 Å². The monoisotopic (exact) mass is 354 g/mol. The van der Waals surface area contributed by atoms with Crippen LogP contribution in [0.1, 0.15) is 39.2 Å². The summed E-state index contributed by atoms with van der Waals surface area (Å²) in [5.41, 5.74) is -0.0582. The van der Waals surface area contributed by atoms with Crippen LogP contribution in [0.5, 0.6) is 5.75 Å². The molecule has 0 saturated carbocycles. The van der Waals surface area contributed by atoms with Crippen molar-refractivity contribution in [3.8, 4) is 5.75 Å². The van der Waals surface area contributed by atoms with Crippen molar-refractivity contribution in [2.24, 2.45) is 5.92 Å². The fourth-order valence-corrected chi connectivity index (χ4v) is 2.74. The lowest BCUT2D eigenvalue weighted by Crippen LogP contribution is -2.44. The zero-order chi connectivity index (χ0) is 18.6. The van der Waals surface area contributed by atoms with Gasteiger partial charge in [0.25, 0.3) is 5.91 Å². The predicted molar refractivity (Wildman–Crippen MR) is 89.5 cm³/mol. The van der Waals surface area contributed by atoms with Crippen molar-refractivity contribution in [3.05, 3.63) is 29.8 Å². The number of rotatable bonds is 8. The van der Waals surface area contributed by atoms with E-state index in [0.717, 1.165) is 12.0 Å². The number of urea groups is 1. The maximum atomic E-state index is 12.6. The molecule has 1 aromatic carbocycles. The van der Waals surface area contributed by atoms with Crippen molar-refractivity contribution >= 4 is 11.9 Å². The zero-order valence-electron chi connectivity index (χ0n) is 14.7. The van der Waals surface area contributed by atoms with E-state index in [0.29, 0.717) is 25.3 Å². The third-order valence-electron chi connectivity index (χ3n) is 4.34. The Morgan fingerprint density at radius 2 is 1.84 bits per heavy atom. The highest BCUT2D eigenvalue weighted by molar-refractivity contribution is 6.06. The second kappa shape index (κ2) is 7.80. The third-order valence-corrected chi connectivity index (χ3v) is 4.34. The van der Waals surface area contributed by atoms with Gasteiger partial charge in [-0.05, 0) is 49.8 Å². The van der Waals surface area contributed by atoms with Gasteiger partial charge < -0.3 is 10.1 Å². The number of nitrogens with one attached hydrogen (secondary N) is 1. The van der Waals surface area contributed by atoms with Gasteiger partial charge >= 0.3 is 12.6 Å². The van der Waals surface area contributed by atoms with E-state index in [2.05, 4.69) is 10.1 Å². The number of alkyl halides is 2. The Hall–Kier alpha value is -2.18. The van der Waals surface area contributed by atoms with Crippen LogP contribution in [0.25, 0.3) is 0 Å². The predicted octanol–water partition coefficient (Wildman–Crippen LogP) is 3.58. The van der Waals surface area contributed by atoms with Crippen molar-refractivity contribution in [1.82, 2.24) is 10.2 Å². The van der Waals surface area contributed by atoms with E-state index < -0.39 is 12.2 Å².